The lowest BCUT2D eigenvalue weighted by molar-refractivity contribution is -0.384. The van der Waals surface area contributed by atoms with Crippen LogP contribution in [-0.2, 0) is 14.2 Å². The van der Waals surface area contributed by atoms with Gasteiger partial charge < -0.3 is 14.2 Å². The first kappa shape index (κ1) is 18.7. The number of ether oxygens (including phenoxy) is 3. The van der Waals surface area contributed by atoms with E-state index in [4.69, 9.17) is 49.0 Å². The third-order valence-electron chi connectivity index (χ3n) is 5.13. The highest BCUT2D eigenvalue weighted by atomic mass is 35.5. The Kier molecular flexibility index (Phi) is 4.49. The van der Waals surface area contributed by atoms with Gasteiger partial charge in [-0.15, -0.1) is 23.2 Å². The van der Waals surface area contributed by atoms with E-state index in [9.17, 15) is 10.1 Å². The smallest absolute Gasteiger partial charge is 0.269 e. The van der Waals surface area contributed by atoms with E-state index in [0.29, 0.717) is 6.42 Å². The van der Waals surface area contributed by atoms with Crippen molar-refractivity contribution in [2.24, 2.45) is 0 Å². The zero-order valence-corrected chi connectivity index (χ0v) is 16.0. The Morgan fingerprint density at radius 2 is 1.72 bits per heavy atom. The zero-order valence-electron chi connectivity index (χ0n) is 13.7. The van der Waals surface area contributed by atoms with Crippen LogP contribution in [0.15, 0.2) is 35.1 Å². The molecule has 0 aromatic heterocycles. The summed E-state index contributed by atoms with van der Waals surface area (Å²) in [6, 6.07) is 6.12. The van der Waals surface area contributed by atoms with Gasteiger partial charge in [0.1, 0.15) is 10.6 Å². The Morgan fingerprint density at radius 3 is 2.12 bits per heavy atom. The molecule has 0 N–H and O–H groups in total. The summed E-state index contributed by atoms with van der Waals surface area (Å²) in [4.78, 5) is 7.87. The van der Waals surface area contributed by atoms with Crippen LogP contribution in [0.25, 0.3) is 0 Å². The predicted octanol–water partition coefficient (Wildman–Crippen LogP) is 4.14. The first-order valence-electron chi connectivity index (χ1n) is 7.40. The maximum Gasteiger partial charge on any atom is 0.269 e. The second-order valence-electron chi connectivity index (χ2n) is 5.99. The number of hydrogen-bond donors (Lipinski definition) is 0. The van der Waals surface area contributed by atoms with Crippen molar-refractivity contribution < 1.29 is 19.1 Å². The second-order valence-corrected chi connectivity index (χ2v) is 7.61. The molecule has 3 atom stereocenters. The fourth-order valence-electron chi connectivity index (χ4n) is 4.07. The van der Waals surface area contributed by atoms with Crippen LogP contribution in [-0.4, -0.2) is 41.8 Å². The predicted molar refractivity (Wildman–Crippen MR) is 94.3 cm³/mol. The monoisotopic (exact) mass is 407 g/mol. The number of nitro benzene ring substituents is 1. The maximum absolute atomic E-state index is 10.9. The molecule has 2 aliphatic carbocycles. The van der Waals surface area contributed by atoms with Gasteiger partial charge in [0, 0.05) is 32.3 Å². The summed E-state index contributed by atoms with van der Waals surface area (Å²) < 4.78 is 16.8. The van der Waals surface area contributed by atoms with E-state index in [-0.39, 0.29) is 22.4 Å². The number of nitro groups is 1. The van der Waals surface area contributed by atoms with Crippen molar-refractivity contribution in [2.75, 3.05) is 21.3 Å². The minimum atomic E-state index is -1.45. The molecule has 3 rings (SSSR count). The van der Waals surface area contributed by atoms with Gasteiger partial charge in [-0.1, -0.05) is 23.7 Å². The number of alkyl halides is 2. The number of hydrogen-bond acceptors (Lipinski definition) is 5. The Hall–Kier alpha value is -1.05. The SMILES string of the molecule is COC1=C(Cl)[C@]2(Cl)C[C@H](c3ccc([N+](=O)[O-])cc3)[C@@]1(Cl)C2(OC)OC. The number of fused-ring (bicyclic) bond motifs is 2. The van der Waals surface area contributed by atoms with Crippen molar-refractivity contribution in [3.05, 3.63) is 50.7 Å². The molecule has 2 bridgehead atoms. The topological polar surface area (TPSA) is 70.8 Å². The number of rotatable bonds is 5. The van der Waals surface area contributed by atoms with Crippen LogP contribution >= 0.6 is 34.8 Å². The molecule has 9 heteroatoms. The number of halogens is 3. The molecule has 0 unspecified atom stereocenters. The molecule has 136 valence electrons. The lowest BCUT2D eigenvalue weighted by Crippen LogP contribution is -2.57. The number of benzene rings is 1. The van der Waals surface area contributed by atoms with E-state index >= 15 is 0 Å². The minimum Gasteiger partial charge on any atom is -0.498 e. The molecular formula is C16H16Cl3NO5. The molecule has 1 aromatic carbocycles. The molecule has 0 spiro atoms. The molecule has 0 aliphatic heterocycles. The molecule has 0 heterocycles. The van der Waals surface area contributed by atoms with Crippen molar-refractivity contribution >= 4 is 40.5 Å². The molecule has 1 aromatic rings. The van der Waals surface area contributed by atoms with Crippen LogP contribution in [0.2, 0.25) is 0 Å². The Bertz CT molecular complexity index is 749. The van der Waals surface area contributed by atoms with E-state index in [1.807, 2.05) is 0 Å². The van der Waals surface area contributed by atoms with Crippen molar-refractivity contribution in [2.45, 2.75) is 27.9 Å². The molecule has 2 aliphatic rings. The number of non-ortho nitro benzene ring substituents is 1. The van der Waals surface area contributed by atoms with E-state index in [1.54, 1.807) is 12.1 Å². The zero-order chi connectivity index (χ0) is 18.6. The highest BCUT2D eigenvalue weighted by Gasteiger charge is 2.82. The van der Waals surface area contributed by atoms with Gasteiger partial charge in [-0.2, -0.15) is 0 Å². The standard InChI is InChI=1S/C16H16Cl3NO5/c1-23-13-12(17)14(18)8-11(15(13,19)16(14,24-2)25-3)9-4-6-10(7-5-9)20(21)22/h4-7,11H,8H2,1-3H3/t11-,14-,15+/m1/s1. The summed E-state index contributed by atoms with van der Waals surface area (Å²) in [5, 5.41) is 11.1. The van der Waals surface area contributed by atoms with Gasteiger partial charge >= 0.3 is 0 Å². The van der Waals surface area contributed by atoms with Gasteiger partial charge in [-0.05, 0) is 12.0 Å². The quantitative estimate of drug-likeness (QED) is 0.317. The van der Waals surface area contributed by atoms with E-state index in [2.05, 4.69) is 0 Å². The summed E-state index contributed by atoms with van der Waals surface area (Å²) in [6.45, 7) is 0. The molecular weight excluding hydrogens is 393 g/mol. The maximum atomic E-state index is 10.9. The first-order chi connectivity index (χ1) is 11.7. The van der Waals surface area contributed by atoms with Crippen LogP contribution in [0.5, 0.6) is 0 Å². The summed E-state index contributed by atoms with van der Waals surface area (Å²) in [6.07, 6.45) is 0.323. The molecule has 0 amide bonds. The highest BCUT2D eigenvalue weighted by molar-refractivity contribution is 6.44. The van der Waals surface area contributed by atoms with Crippen LogP contribution in [0.3, 0.4) is 0 Å². The molecule has 0 radical (unpaired) electrons. The van der Waals surface area contributed by atoms with Crippen molar-refractivity contribution in [1.29, 1.82) is 0 Å². The van der Waals surface area contributed by atoms with Gasteiger partial charge in [-0.25, -0.2) is 0 Å². The fraction of sp³-hybridized carbons (Fsp3) is 0.500. The van der Waals surface area contributed by atoms with Gasteiger partial charge in [0.15, 0.2) is 4.87 Å². The lowest BCUT2D eigenvalue weighted by Gasteiger charge is -2.41. The molecule has 1 saturated carbocycles. The fourth-order valence-corrected chi connectivity index (χ4v) is 5.83. The van der Waals surface area contributed by atoms with Crippen LogP contribution in [0.4, 0.5) is 5.69 Å². The largest absolute Gasteiger partial charge is 0.498 e. The van der Waals surface area contributed by atoms with Crippen LogP contribution < -0.4 is 0 Å². The highest BCUT2D eigenvalue weighted by Crippen LogP contribution is 2.73. The summed E-state index contributed by atoms with van der Waals surface area (Å²) in [5.74, 6) is -1.55. The molecule has 6 nitrogen and oxygen atoms in total. The molecule has 1 fully saturated rings. The van der Waals surface area contributed by atoms with Crippen molar-refractivity contribution in [1.82, 2.24) is 0 Å². The molecule has 25 heavy (non-hydrogen) atoms. The van der Waals surface area contributed by atoms with Crippen LogP contribution in [0.1, 0.15) is 17.9 Å². The number of nitrogens with zero attached hydrogens (tertiary/aromatic N) is 1. The third-order valence-corrected chi connectivity index (χ3v) is 7.00. The van der Waals surface area contributed by atoms with Gasteiger partial charge in [0.25, 0.3) is 5.69 Å². The van der Waals surface area contributed by atoms with Gasteiger partial charge in [0.2, 0.25) is 5.79 Å². The normalized spacial score (nSPS) is 33.0. The van der Waals surface area contributed by atoms with E-state index in [0.717, 1.165) is 5.56 Å². The van der Waals surface area contributed by atoms with Crippen molar-refractivity contribution in [3.8, 4) is 0 Å². The van der Waals surface area contributed by atoms with E-state index < -0.39 is 20.5 Å². The molecule has 0 saturated heterocycles. The minimum absolute atomic E-state index is 0.0126. The summed E-state index contributed by atoms with van der Waals surface area (Å²) in [5.41, 5.74) is 0.738. The summed E-state index contributed by atoms with van der Waals surface area (Å²) >= 11 is 20.3. The van der Waals surface area contributed by atoms with Crippen LogP contribution in [0, 0.1) is 10.1 Å². The Labute approximate surface area is 159 Å². The lowest BCUT2D eigenvalue weighted by atomic mass is 9.84. The third kappa shape index (κ3) is 2.06. The van der Waals surface area contributed by atoms with Gasteiger partial charge in [0.05, 0.1) is 17.1 Å². The summed E-state index contributed by atoms with van der Waals surface area (Å²) in [7, 11) is 4.34. The second kappa shape index (κ2) is 5.99. The number of methoxy groups -OCH3 is 3. The van der Waals surface area contributed by atoms with E-state index in [1.165, 1.54) is 33.5 Å². The Balaban J connectivity index is 2.17. The Morgan fingerprint density at radius 1 is 1.16 bits per heavy atom. The first-order valence-corrected chi connectivity index (χ1v) is 8.54. The van der Waals surface area contributed by atoms with Crippen molar-refractivity contribution in [3.63, 3.8) is 0 Å². The van der Waals surface area contributed by atoms with Gasteiger partial charge in [-0.3, -0.25) is 10.1 Å². The average Bonchev–Trinajstić information content (AvgIpc) is 2.88. The average molecular weight is 409 g/mol.